The molecule has 0 bridgehead atoms. The molecule has 1 aliphatic heterocycles. The summed E-state index contributed by atoms with van der Waals surface area (Å²) >= 11 is 0. The highest BCUT2D eigenvalue weighted by Crippen LogP contribution is 2.29. The van der Waals surface area contributed by atoms with E-state index in [1.165, 1.54) is 0 Å². The molecule has 3 amide bonds. The molecule has 1 fully saturated rings. The Bertz CT molecular complexity index is 1170. The number of benzene rings is 3. The summed E-state index contributed by atoms with van der Waals surface area (Å²) in [5.74, 6) is 0.533. The molecule has 4 rings (SSSR count). The van der Waals surface area contributed by atoms with Gasteiger partial charge in [-0.3, -0.25) is 4.79 Å². The van der Waals surface area contributed by atoms with Crippen LogP contribution in [0.5, 0.6) is 0 Å². The Morgan fingerprint density at radius 2 is 1.57 bits per heavy atom. The first-order chi connectivity index (χ1) is 16.9. The molecule has 0 aliphatic carbocycles. The number of amides is 3. The first-order valence-electron chi connectivity index (χ1n) is 12.3. The van der Waals surface area contributed by atoms with Gasteiger partial charge in [-0.2, -0.15) is 0 Å². The van der Waals surface area contributed by atoms with Gasteiger partial charge < -0.3 is 20.9 Å². The van der Waals surface area contributed by atoms with Crippen LogP contribution in [0.15, 0.2) is 72.8 Å². The van der Waals surface area contributed by atoms with Crippen LogP contribution in [0.3, 0.4) is 0 Å². The largest absolute Gasteiger partial charge is 0.371 e. The lowest BCUT2D eigenvalue weighted by Gasteiger charge is -2.33. The van der Waals surface area contributed by atoms with Crippen LogP contribution < -0.4 is 20.9 Å². The second kappa shape index (κ2) is 11.1. The zero-order valence-corrected chi connectivity index (χ0v) is 20.7. The highest BCUT2D eigenvalue weighted by molar-refractivity contribution is 6.04. The zero-order valence-electron chi connectivity index (χ0n) is 20.7. The summed E-state index contributed by atoms with van der Waals surface area (Å²) in [6, 6.07) is 22.6. The van der Waals surface area contributed by atoms with Crippen LogP contribution in [0.25, 0.3) is 0 Å². The molecule has 1 atom stereocenters. The van der Waals surface area contributed by atoms with Crippen molar-refractivity contribution in [2.45, 2.75) is 39.7 Å². The lowest BCUT2D eigenvalue weighted by atomic mass is 9.97. The molecule has 3 N–H and O–H groups in total. The van der Waals surface area contributed by atoms with E-state index < -0.39 is 0 Å². The van der Waals surface area contributed by atoms with Crippen LogP contribution in [-0.4, -0.2) is 25.0 Å². The first-order valence-corrected chi connectivity index (χ1v) is 12.3. The summed E-state index contributed by atoms with van der Waals surface area (Å²) in [5, 5.41) is 8.87. The van der Waals surface area contributed by atoms with Gasteiger partial charge in [0.2, 0.25) is 0 Å². The van der Waals surface area contributed by atoms with Crippen LogP contribution in [-0.2, 0) is 0 Å². The van der Waals surface area contributed by atoms with E-state index in [4.69, 9.17) is 0 Å². The first kappa shape index (κ1) is 24.3. The van der Waals surface area contributed by atoms with E-state index in [1.807, 2.05) is 80.6 Å². The van der Waals surface area contributed by atoms with Gasteiger partial charge in [0.15, 0.2) is 0 Å². The SMILES string of the molecule is Cc1cccc(NC(=O)Nc2ccc(N3CCC(C)CC3)c(C(=O)NC(C)c3ccccc3)c2)c1. The van der Waals surface area contributed by atoms with Crippen LogP contribution in [0, 0.1) is 12.8 Å². The normalized spacial score (nSPS) is 14.8. The number of rotatable bonds is 6. The van der Waals surface area contributed by atoms with Crippen molar-refractivity contribution in [3.8, 4) is 0 Å². The van der Waals surface area contributed by atoms with Gasteiger partial charge in [0.1, 0.15) is 0 Å². The van der Waals surface area contributed by atoms with Gasteiger partial charge in [-0.15, -0.1) is 0 Å². The van der Waals surface area contributed by atoms with Crippen molar-refractivity contribution in [1.29, 1.82) is 0 Å². The Morgan fingerprint density at radius 1 is 0.886 bits per heavy atom. The third-order valence-corrected chi connectivity index (χ3v) is 6.55. The summed E-state index contributed by atoms with van der Waals surface area (Å²) < 4.78 is 0. The quantitative estimate of drug-likeness (QED) is 0.392. The smallest absolute Gasteiger partial charge is 0.323 e. The molecule has 0 spiro atoms. The minimum absolute atomic E-state index is 0.140. The number of carbonyl (C=O) groups excluding carboxylic acids is 2. The maximum atomic E-state index is 13.5. The number of nitrogens with one attached hydrogen (secondary N) is 3. The number of piperidine rings is 1. The molecular weight excluding hydrogens is 436 g/mol. The fraction of sp³-hybridized carbons (Fsp3) is 0.310. The standard InChI is InChI=1S/C29H34N4O2/c1-20-14-16-33(17-15-20)27-13-12-25(32-29(35)31-24-11-7-8-21(2)18-24)19-26(27)28(34)30-22(3)23-9-5-4-6-10-23/h4-13,18-20,22H,14-17H2,1-3H3,(H,30,34)(H2,31,32,35). The molecule has 1 unspecified atom stereocenters. The Morgan fingerprint density at radius 3 is 2.26 bits per heavy atom. The van der Waals surface area contributed by atoms with Crippen LogP contribution in [0.4, 0.5) is 21.9 Å². The summed E-state index contributed by atoms with van der Waals surface area (Å²) in [6.07, 6.45) is 2.20. The Balaban J connectivity index is 1.55. The molecule has 3 aromatic rings. The van der Waals surface area contributed by atoms with Gasteiger partial charge in [0.05, 0.1) is 11.6 Å². The predicted molar refractivity (Wildman–Crippen MR) is 143 cm³/mol. The Labute approximate surface area is 207 Å². The molecule has 35 heavy (non-hydrogen) atoms. The van der Waals surface area contributed by atoms with Crippen LogP contribution in [0.1, 0.15) is 54.2 Å². The molecule has 6 heteroatoms. The number of anilines is 3. The lowest BCUT2D eigenvalue weighted by Crippen LogP contribution is -2.35. The van der Waals surface area contributed by atoms with Crippen molar-refractivity contribution in [2.75, 3.05) is 28.6 Å². The molecule has 1 saturated heterocycles. The molecule has 1 heterocycles. The van der Waals surface area contributed by atoms with E-state index in [0.29, 0.717) is 17.2 Å². The molecular formula is C29H34N4O2. The minimum atomic E-state index is -0.348. The van der Waals surface area contributed by atoms with Gasteiger partial charge >= 0.3 is 6.03 Å². The summed E-state index contributed by atoms with van der Waals surface area (Å²) in [6.45, 7) is 8.05. The number of urea groups is 1. The maximum absolute atomic E-state index is 13.5. The predicted octanol–water partition coefficient (Wildman–Crippen LogP) is 6.37. The number of hydrogen-bond acceptors (Lipinski definition) is 3. The van der Waals surface area contributed by atoms with Gasteiger partial charge in [-0.25, -0.2) is 4.79 Å². The topological polar surface area (TPSA) is 73.5 Å². The van der Waals surface area contributed by atoms with Crippen molar-refractivity contribution < 1.29 is 9.59 Å². The summed E-state index contributed by atoms with van der Waals surface area (Å²) in [4.78, 5) is 28.4. The summed E-state index contributed by atoms with van der Waals surface area (Å²) in [7, 11) is 0. The lowest BCUT2D eigenvalue weighted by molar-refractivity contribution is 0.0940. The third-order valence-electron chi connectivity index (χ3n) is 6.55. The number of aryl methyl sites for hydroxylation is 1. The fourth-order valence-electron chi connectivity index (χ4n) is 4.44. The molecule has 1 aliphatic rings. The second-order valence-corrected chi connectivity index (χ2v) is 9.46. The monoisotopic (exact) mass is 470 g/mol. The molecule has 182 valence electrons. The van der Waals surface area contributed by atoms with E-state index >= 15 is 0 Å². The fourth-order valence-corrected chi connectivity index (χ4v) is 4.44. The average molecular weight is 471 g/mol. The van der Waals surface area contributed by atoms with Crippen molar-refractivity contribution in [1.82, 2.24) is 5.32 Å². The number of carbonyl (C=O) groups is 2. The highest BCUT2D eigenvalue weighted by Gasteiger charge is 2.23. The van der Waals surface area contributed by atoms with Crippen molar-refractivity contribution in [3.63, 3.8) is 0 Å². The van der Waals surface area contributed by atoms with Crippen LogP contribution >= 0.6 is 0 Å². The maximum Gasteiger partial charge on any atom is 0.323 e. The van der Waals surface area contributed by atoms with E-state index in [9.17, 15) is 9.59 Å². The van der Waals surface area contributed by atoms with Crippen LogP contribution in [0.2, 0.25) is 0 Å². The van der Waals surface area contributed by atoms with Gasteiger partial charge in [-0.1, -0.05) is 49.4 Å². The van der Waals surface area contributed by atoms with E-state index in [-0.39, 0.29) is 18.0 Å². The van der Waals surface area contributed by atoms with E-state index in [1.54, 1.807) is 6.07 Å². The molecule has 0 radical (unpaired) electrons. The second-order valence-electron chi connectivity index (χ2n) is 9.46. The average Bonchev–Trinajstić information content (AvgIpc) is 2.85. The summed E-state index contributed by atoms with van der Waals surface area (Å²) in [5.41, 5.74) is 4.86. The van der Waals surface area contributed by atoms with Gasteiger partial charge in [0, 0.05) is 30.2 Å². The van der Waals surface area contributed by atoms with Crippen molar-refractivity contribution in [3.05, 3.63) is 89.5 Å². The highest BCUT2D eigenvalue weighted by atomic mass is 16.2. The van der Waals surface area contributed by atoms with E-state index in [2.05, 4.69) is 27.8 Å². The number of nitrogens with zero attached hydrogens (tertiary/aromatic N) is 1. The molecule has 0 saturated carbocycles. The molecule has 6 nitrogen and oxygen atoms in total. The molecule has 3 aromatic carbocycles. The van der Waals surface area contributed by atoms with Crippen molar-refractivity contribution >= 4 is 29.0 Å². The van der Waals surface area contributed by atoms with Gasteiger partial charge in [-0.05, 0) is 74.1 Å². The third kappa shape index (κ3) is 6.41. The Hall–Kier alpha value is -3.80. The minimum Gasteiger partial charge on any atom is -0.371 e. The van der Waals surface area contributed by atoms with Gasteiger partial charge in [0.25, 0.3) is 5.91 Å². The molecule has 0 aromatic heterocycles. The Kier molecular flexibility index (Phi) is 7.70. The van der Waals surface area contributed by atoms with Crippen molar-refractivity contribution in [2.24, 2.45) is 5.92 Å². The number of hydrogen-bond donors (Lipinski definition) is 3. The van der Waals surface area contributed by atoms with E-state index in [0.717, 1.165) is 48.4 Å². The zero-order chi connectivity index (χ0) is 24.8.